The Kier molecular flexibility index (Phi) is 5.91. The molecule has 1 saturated heterocycles. The van der Waals surface area contributed by atoms with Gasteiger partial charge in [-0.1, -0.05) is 30.7 Å². The van der Waals surface area contributed by atoms with Crippen LogP contribution in [0.4, 0.5) is 13.2 Å². The number of carbonyl (C=O) groups excluding carboxylic acids is 2. The first-order valence-electron chi connectivity index (χ1n) is 7.92. The Morgan fingerprint density at radius 1 is 1.38 bits per heavy atom. The van der Waals surface area contributed by atoms with Gasteiger partial charge in [0.2, 0.25) is 5.91 Å². The van der Waals surface area contributed by atoms with Crippen molar-refractivity contribution in [2.75, 3.05) is 6.54 Å². The lowest BCUT2D eigenvalue weighted by atomic mass is 10.00. The van der Waals surface area contributed by atoms with Gasteiger partial charge in [0.05, 0.1) is 16.6 Å². The number of nitrogens with zero attached hydrogens (tertiary/aromatic N) is 1. The van der Waals surface area contributed by atoms with Crippen LogP contribution >= 0.6 is 11.6 Å². The van der Waals surface area contributed by atoms with E-state index in [0.717, 1.165) is 12.5 Å². The molecule has 24 heavy (non-hydrogen) atoms. The molecule has 0 radical (unpaired) electrons. The number of carbonyl (C=O) groups is 2. The van der Waals surface area contributed by atoms with Crippen molar-refractivity contribution in [3.63, 3.8) is 0 Å². The monoisotopic (exact) mass is 361 g/mol. The first-order valence-corrected chi connectivity index (χ1v) is 8.30. The Morgan fingerprint density at radius 2 is 2.08 bits per heavy atom. The van der Waals surface area contributed by atoms with Gasteiger partial charge in [-0.25, -0.2) is 0 Å². The Hall–Kier alpha value is -1.56. The second-order valence-corrected chi connectivity index (χ2v) is 6.26. The molecule has 0 aliphatic carbocycles. The van der Waals surface area contributed by atoms with Gasteiger partial charge >= 0.3 is 6.18 Å². The zero-order chi connectivity index (χ0) is 17.9. The van der Waals surface area contributed by atoms with E-state index < -0.39 is 17.8 Å². The summed E-state index contributed by atoms with van der Waals surface area (Å²) >= 11 is 5.84. The van der Waals surface area contributed by atoms with E-state index in [-0.39, 0.29) is 29.6 Å². The van der Waals surface area contributed by atoms with E-state index in [2.05, 4.69) is 0 Å². The van der Waals surface area contributed by atoms with E-state index in [9.17, 15) is 22.8 Å². The third kappa shape index (κ3) is 4.09. The maximum atomic E-state index is 12.9. The van der Waals surface area contributed by atoms with E-state index in [1.165, 1.54) is 12.1 Å². The molecule has 0 unspecified atom stereocenters. The number of likely N-dealkylation sites (tertiary alicyclic amines) is 1. The summed E-state index contributed by atoms with van der Waals surface area (Å²) in [7, 11) is 0. The van der Waals surface area contributed by atoms with Crippen molar-refractivity contribution in [3.05, 3.63) is 34.3 Å². The molecule has 1 aromatic carbocycles. The molecule has 1 aromatic rings. The summed E-state index contributed by atoms with van der Waals surface area (Å²) in [5, 5.41) is -0.356. The van der Waals surface area contributed by atoms with Crippen molar-refractivity contribution < 1.29 is 22.8 Å². The fraction of sp³-hybridized carbons (Fsp3) is 0.529. The van der Waals surface area contributed by atoms with Gasteiger partial charge in [-0.05, 0) is 30.9 Å². The summed E-state index contributed by atoms with van der Waals surface area (Å²) in [6, 6.07) is 3.25. The second-order valence-electron chi connectivity index (χ2n) is 5.88. The van der Waals surface area contributed by atoms with Crippen LogP contribution in [0.15, 0.2) is 18.2 Å². The predicted molar refractivity (Wildman–Crippen MR) is 84.8 cm³/mol. The fourth-order valence-corrected chi connectivity index (χ4v) is 3.33. The SMILES string of the molecule is CCCN1C(=O)CC[C@H]1C(=O)CCc1cccc(C(F)(F)F)c1Cl. The van der Waals surface area contributed by atoms with Gasteiger partial charge in [0.1, 0.15) is 0 Å². The number of benzene rings is 1. The van der Waals surface area contributed by atoms with Gasteiger partial charge in [-0.3, -0.25) is 9.59 Å². The van der Waals surface area contributed by atoms with Crippen LogP contribution in [0.2, 0.25) is 5.02 Å². The molecule has 132 valence electrons. The number of rotatable bonds is 6. The maximum Gasteiger partial charge on any atom is 0.417 e. The summed E-state index contributed by atoms with van der Waals surface area (Å²) in [5.41, 5.74) is -0.594. The number of alkyl halides is 3. The number of halogens is 4. The molecular weight excluding hydrogens is 343 g/mol. The third-order valence-corrected chi connectivity index (χ3v) is 4.64. The molecule has 7 heteroatoms. The van der Waals surface area contributed by atoms with E-state index in [1.54, 1.807) is 4.90 Å². The van der Waals surface area contributed by atoms with Crippen molar-refractivity contribution in [1.82, 2.24) is 4.90 Å². The summed E-state index contributed by atoms with van der Waals surface area (Å²) in [5.74, 6) is -0.157. The number of aryl methyl sites for hydroxylation is 1. The van der Waals surface area contributed by atoms with Gasteiger partial charge in [-0.2, -0.15) is 13.2 Å². The van der Waals surface area contributed by atoms with E-state index in [1.807, 2.05) is 6.92 Å². The molecule has 1 amide bonds. The molecule has 0 aromatic heterocycles. The minimum absolute atomic E-state index is 0.0349. The first-order chi connectivity index (χ1) is 11.3. The van der Waals surface area contributed by atoms with Crippen LogP contribution in [0, 0.1) is 0 Å². The van der Waals surface area contributed by atoms with E-state index in [0.29, 0.717) is 24.9 Å². The van der Waals surface area contributed by atoms with Gasteiger partial charge in [0, 0.05) is 19.4 Å². The number of hydrogen-bond acceptors (Lipinski definition) is 2. The molecule has 1 fully saturated rings. The minimum Gasteiger partial charge on any atom is -0.333 e. The fourth-order valence-electron chi connectivity index (χ4n) is 3.01. The highest BCUT2D eigenvalue weighted by Gasteiger charge is 2.36. The standard InChI is InChI=1S/C17H19ClF3NO2/c1-2-10-22-13(7-9-15(22)24)14(23)8-6-11-4-3-5-12(16(11)18)17(19,20)21/h3-5,13H,2,6-10H2,1H3/t13-/m0/s1. The summed E-state index contributed by atoms with van der Waals surface area (Å²) in [4.78, 5) is 25.8. The molecule has 0 spiro atoms. The molecule has 1 heterocycles. The maximum absolute atomic E-state index is 12.9. The normalized spacial score (nSPS) is 18.3. The minimum atomic E-state index is -4.52. The lowest BCUT2D eigenvalue weighted by Gasteiger charge is -2.23. The van der Waals surface area contributed by atoms with Gasteiger partial charge in [0.15, 0.2) is 5.78 Å². The number of amides is 1. The van der Waals surface area contributed by atoms with Crippen molar-refractivity contribution >= 4 is 23.3 Å². The molecule has 1 aliphatic heterocycles. The molecule has 0 N–H and O–H groups in total. The molecule has 2 rings (SSSR count). The average molecular weight is 362 g/mol. The van der Waals surface area contributed by atoms with Crippen LogP contribution in [-0.2, 0) is 22.2 Å². The Balaban J connectivity index is 2.06. The zero-order valence-corrected chi connectivity index (χ0v) is 14.1. The van der Waals surface area contributed by atoms with E-state index >= 15 is 0 Å². The highest BCUT2D eigenvalue weighted by molar-refractivity contribution is 6.32. The number of Topliss-reactive ketones (excluding diaryl/α,β-unsaturated/α-hetero) is 1. The highest BCUT2D eigenvalue weighted by Crippen LogP contribution is 2.36. The molecule has 3 nitrogen and oxygen atoms in total. The van der Waals surface area contributed by atoms with Crippen LogP contribution < -0.4 is 0 Å². The summed E-state index contributed by atoms with van der Waals surface area (Å²) < 4.78 is 38.6. The highest BCUT2D eigenvalue weighted by atomic mass is 35.5. The molecule has 0 bridgehead atoms. The van der Waals surface area contributed by atoms with Crippen molar-refractivity contribution in [2.24, 2.45) is 0 Å². The molecule has 1 atom stereocenters. The quantitative estimate of drug-likeness (QED) is 0.759. The Labute approximate surface area is 143 Å². The molecular formula is C17H19ClF3NO2. The topological polar surface area (TPSA) is 37.4 Å². The number of ketones is 1. The van der Waals surface area contributed by atoms with Crippen molar-refractivity contribution in [1.29, 1.82) is 0 Å². The Bertz CT molecular complexity index is 631. The molecule has 0 saturated carbocycles. The largest absolute Gasteiger partial charge is 0.417 e. The molecule has 1 aliphatic rings. The smallest absolute Gasteiger partial charge is 0.333 e. The van der Waals surface area contributed by atoms with Gasteiger partial charge < -0.3 is 4.90 Å². The average Bonchev–Trinajstić information content (AvgIpc) is 2.86. The number of hydrogen-bond donors (Lipinski definition) is 0. The van der Waals surface area contributed by atoms with Crippen LogP contribution in [0.3, 0.4) is 0 Å². The van der Waals surface area contributed by atoms with Crippen LogP contribution in [0.5, 0.6) is 0 Å². The van der Waals surface area contributed by atoms with Crippen molar-refractivity contribution in [3.8, 4) is 0 Å². The van der Waals surface area contributed by atoms with Gasteiger partial charge in [0.25, 0.3) is 0 Å². The second kappa shape index (κ2) is 7.55. The van der Waals surface area contributed by atoms with Gasteiger partial charge in [-0.15, -0.1) is 0 Å². The summed E-state index contributed by atoms with van der Waals surface area (Å²) in [6.07, 6.45) is -2.73. The van der Waals surface area contributed by atoms with Crippen LogP contribution in [-0.4, -0.2) is 29.2 Å². The first kappa shape index (κ1) is 18.8. The van der Waals surface area contributed by atoms with Crippen LogP contribution in [0.25, 0.3) is 0 Å². The van der Waals surface area contributed by atoms with Crippen molar-refractivity contribution in [2.45, 2.75) is 51.2 Å². The lowest BCUT2D eigenvalue weighted by Crippen LogP contribution is -2.39. The zero-order valence-electron chi connectivity index (χ0n) is 13.3. The predicted octanol–water partition coefficient (Wildman–Crippen LogP) is 4.26. The van der Waals surface area contributed by atoms with E-state index in [4.69, 9.17) is 11.6 Å². The Morgan fingerprint density at radius 3 is 2.71 bits per heavy atom. The lowest BCUT2D eigenvalue weighted by molar-refractivity contribution is -0.137. The van der Waals surface area contributed by atoms with Crippen LogP contribution in [0.1, 0.15) is 43.7 Å². The summed E-state index contributed by atoms with van der Waals surface area (Å²) in [6.45, 7) is 2.45. The third-order valence-electron chi connectivity index (χ3n) is 4.19.